The molecule has 0 radical (unpaired) electrons. The number of aryl methyl sites for hydroxylation is 1. The first-order valence-electron chi connectivity index (χ1n) is 7.49. The second kappa shape index (κ2) is 7.78. The van der Waals surface area contributed by atoms with E-state index in [9.17, 15) is 9.59 Å². The van der Waals surface area contributed by atoms with E-state index in [0.717, 1.165) is 31.5 Å². The zero-order valence-corrected chi connectivity index (χ0v) is 12.3. The molecule has 1 atom stereocenters. The van der Waals surface area contributed by atoms with Gasteiger partial charge in [0.1, 0.15) is 0 Å². The van der Waals surface area contributed by atoms with Gasteiger partial charge in [0.2, 0.25) is 11.8 Å². The van der Waals surface area contributed by atoms with Crippen LogP contribution in [0.2, 0.25) is 0 Å². The highest BCUT2D eigenvalue weighted by atomic mass is 16.2. The fourth-order valence-corrected chi connectivity index (χ4v) is 2.73. The number of amides is 2. The molecule has 1 fully saturated rings. The molecule has 0 saturated carbocycles. The van der Waals surface area contributed by atoms with Gasteiger partial charge in [0, 0.05) is 19.0 Å². The lowest BCUT2D eigenvalue weighted by molar-refractivity contribution is -0.137. The number of hydrogen-bond acceptors (Lipinski definition) is 3. The van der Waals surface area contributed by atoms with Crippen molar-refractivity contribution >= 4 is 11.8 Å². The summed E-state index contributed by atoms with van der Waals surface area (Å²) in [5.41, 5.74) is 6.42. The molecule has 5 heteroatoms. The molecule has 21 heavy (non-hydrogen) atoms. The van der Waals surface area contributed by atoms with Crippen molar-refractivity contribution in [1.82, 2.24) is 10.2 Å². The summed E-state index contributed by atoms with van der Waals surface area (Å²) in [6.07, 6.45) is 3.05. The highest BCUT2D eigenvalue weighted by Gasteiger charge is 2.26. The largest absolute Gasteiger partial charge is 0.368 e. The number of hydrogen-bond donors (Lipinski definition) is 2. The topological polar surface area (TPSA) is 75.4 Å². The first-order chi connectivity index (χ1) is 10.2. The van der Waals surface area contributed by atoms with E-state index in [0.29, 0.717) is 12.8 Å². The first kappa shape index (κ1) is 15.5. The molecule has 0 spiro atoms. The van der Waals surface area contributed by atoms with E-state index in [1.807, 2.05) is 30.3 Å². The van der Waals surface area contributed by atoms with Gasteiger partial charge in [-0.2, -0.15) is 0 Å². The second-order valence-electron chi connectivity index (χ2n) is 5.47. The number of piperidine rings is 1. The predicted octanol–water partition coefficient (Wildman–Crippen LogP) is 0.685. The van der Waals surface area contributed by atoms with E-state index in [1.54, 1.807) is 4.90 Å². The second-order valence-corrected chi connectivity index (χ2v) is 5.47. The number of rotatable bonds is 6. The maximum absolute atomic E-state index is 12.4. The molecule has 3 N–H and O–H groups in total. The summed E-state index contributed by atoms with van der Waals surface area (Å²) in [6, 6.07) is 9.98. The number of carbonyl (C=O) groups is 2. The summed E-state index contributed by atoms with van der Waals surface area (Å²) < 4.78 is 0. The number of nitrogens with two attached hydrogens (primary N) is 1. The van der Waals surface area contributed by atoms with Gasteiger partial charge in [0.05, 0.1) is 6.54 Å². The highest BCUT2D eigenvalue weighted by Crippen LogP contribution is 2.13. The van der Waals surface area contributed by atoms with Crippen molar-refractivity contribution in [3.05, 3.63) is 35.9 Å². The quantitative estimate of drug-likeness (QED) is 0.809. The molecule has 2 rings (SSSR count). The third-order valence-corrected chi connectivity index (χ3v) is 3.83. The van der Waals surface area contributed by atoms with Crippen molar-refractivity contribution in [2.75, 3.05) is 19.6 Å². The minimum atomic E-state index is -0.450. The molecule has 1 saturated heterocycles. The van der Waals surface area contributed by atoms with E-state index >= 15 is 0 Å². The number of nitrogens with one attached hydrogen (secondary N) is 1. The average Bonchev–Trinajstić information content (AvgIpc) is 2.52. The van der Waals surface area contributed by atoms with Crippen LogP contribution in [0.4, 0.5) is 0 Å². The summed E-state index contributed by atoms with van der Waals surface area (Å²) in [5.74, 6) is -0.444. The van der Waals surface area contributed by atoms with E-state index in [2.05, 4.69) is 5.32 Å². The average molecular weight is 289 g/mol. The van der Waals surface area contributed by atoms with Crippen LogP contribution in [0.15, 0.2) is 30.3 Å². The third kappa shape index (κ3) is 4.86. The van der Waals surface area contributed by atoms with Gasteiger partial charge in [-0.15, -0.1) is 0 Å². The van der Waals surface area contributed by atoms with Gasteiger partial charge in [-0.1, -0.05) is 30.3 Å². The Kier molecular flexibility index (Phi) is 5.75. The molecule has 1 heterocycles. The van der Waals surface area contributed by atoms with Crippen molar-refractivity contribution < 1.29 is 9.59 Å². The SMILES string of the molecule is NC(=O)CN(C(=O)CCc1ccccc1)C1CCCNC1. The maximum Gasteiger partial charge on any atom is 0.237 e. The van der Waals surface area contributed by atoms with E-state index in [1.165, 1.54) is 0 Å². The van der Waals surface area contributed by atoms with Crippen molar-refractivity contribution in [3.8, 4) is 0 Å². The van der Waals surface area contributed by atoms with Crippen molar-refractivity contribution in [1.29, 1.82) is 0 Å². The molecule has 2 amide bonds. The van der Waals surface area contributed by atoms with Crippen LogP contribution in [-0.2, 0) is 16.0 Å². The molecule has 0 aliphatic carbocycles. The van der Waals surface area contributed by atoms with Crippen LogP contribution in [0, 0.1) is 0 Å². The Labute approximate surface area is 125 Å². The summed E-state index contributed by atoms with van der Waals surface area (Å²) in [5, 5.41) is 3.27. The van der Waals surface area contributed by atoms with Gasteiger partial charge >= 0.3 is 0 Å². The number of benzene rings is 1. The van der Waals surface area contributed by atoms with Crippen LogP contribution in [0.3, 0.4) is 0 Å². The molecular formula is C16H23N3O2. The summed E-state index contributed by atoms with van der Waals surface area (Å²) in [6.45, 7) is 1.73. The smallest absolute Gasteiger partial charge is 0.237 e. The highest BCUT2D eigenvalue weighted by molar-refractivity contribution is 5.84. The molecule has 114 valence electrons. The van der Waals surface area contributed by atoms with Crippen molar-refractivity contribution in [3.63, 3.8) is 0 Å². The lowest BCUT2D eigenvalue weighted by Crippen LogP contribution is -2.51. The number of primary amides is 1. The molecule has 0 aromatic heterocycles. The lowest BCUT2D eigenvalue weighted by atomic mass is 10.0. The molecule has 0 bridgehead atoms. The minimum absolute atomic E-state index is 0.00588. The zero-order valence-electron chi connectivity index (χ0n) is 12.3. The van der Waals surface area contributed by atoms with E-state index in [4.69, 9.17) is 5.73 Å². The first-order valence-corrected chi connectivity index (χ1v) is 7.49. The molecule has 1 aromatic rings. The Morgan fingerprint density at radius 1 is 1.29 bits per heavy atom. The molecule has 1 unspecified atom stereocenters. The summed E-state index contributed by atoms with van der Waals surface area (Å²) >= 11 is 0. The Bertz CT molecular complexity index is 470. The lowest BCUT2D eigenvalue weighted by Gasteiger charge is -2.34. The number of nitrogens with zero attached hydrogens (tertiary/aromatic N) is 1. The van der Waals surface area contributed by atoms with Crippen molar-refractivity contribution in [2.45, 2.75) is 31.7 Å². The van der Waals surface area contributed by atoms with Crippen LogP contribution in [0.5, 0.6) is 0 Å². The van der Waals surface area contributed by atoms with Crippen LogP contribution >= 0.6 is 0 Å². The van der Waals surface area contributed by atoms with Gasteiger partial charge in [0.25, 0.3) is 0 Å². The zero-order chi connectivity index (χ0) is 15.1. The Balaban J connectivity index is 1.94. The Hall–Kier alpha value is -1.88. The normalized spacial score (nSPS) is 18.2. The van der Waals surface area contributed by atoms with Gasteiger partial charge in [-0.05, 0) is 31.4 Å². The van der Waals surface area contributed by atoms with E-state index in [-0.39, 0.29) is 18.5 Å². The Morgan fingerprint density at radius 3 is 2.67 bits per heavy atom. The fraction of sp³-hybridized carbons (Fsp3) is 0.500. The maximum atomic E-state index is 12.4. The predicted molar refractivity (Wildman–Crippen MR) is 81.6 cm³/mol. The minimum Gasteiger partial charge on any atom is -0.368 e. The van der Waals surface area contributed by atoms with Gasteiger partial charge < -0.3 is 16.0 Å². The van der Waals surface area contributed by atoms with Crippen molar-refractivity contribution in [2.24, 2.45) is 5.73 Å². The van der Waals surface area contributed by atoms with Crippen LogP contribution in [0.25, 0.3) is 0 Å². The summed E-state index contributed by atoms with van der Waals surface area (Å²) in [7, 11) is 0. The van der Waals surface area contributed by atoms with Gasteiger partial charge in [0.15, 0.2) is 0 Å². The molecule has 1 aromatic carbocycles. The fourth-order valence-electron chi connectivity index (χ4n) is 2.73. The molecular weight excluding hydrogens is 266 g/mol. The molecule has 5 nitrogen and oxygen atoms in total. The van der Waals surface area contributed by atoms with Gasteiger partial charge in [-0.25, -0.2) is 0 Å². The summed E-state index contributed by atoms with van der Waals surface area (Å²) in [4.78, 5) is 25.3. The standard InChI is InChI=1S/C16H23N3O2/c17-15(20)12-19(14-7-4-10-18-11-14)16(21)9-8-13-5-2-1-3-6-13/h1-3,5-6,14,18H,4,7-12H2,(H2,17,20). The third-order valence-electron chi connectivity index (χ3n) is 3.83. The molecule has 1 aliphatic rings. The van der Waals surface area contributed by atoms with Crippen LogP contribution in [0.1, 0.15) is 24.8 Å². The number of carbonyl (C=O) groups excluding carboxylic acids is 2. The van der Waals surface area contributed by atoms with Crippen LogP contribution in [-0.4, -0.2) is 42.4 Å². The Morgan fingerprint density at radius 2 is 2.05 bits per heavy atom. The van der Waals surface area contributed by atoms with Gasteiger partial charge in [-0.3, -0.25) is 9.59 Å². The monoisotopic (exact) mass is 289 g/mol. The molecule has 1 aliphatic heterocycles. The van der Waals surface area contributed by atoms with E-state index < -0.39 is 5.91 Å². The van der Waals surface area contributed by atoms with Crippen LogP contribution < -0.4 is 11.1 Å².